The topological polar surface area (TPSA) is 105 Å². The second kappa shape index (κ2) is 15.9. The van der Waals surface area contributed by atoms with Crippen LogP contribution in [0.4, 0.5) is 18.9 Å². The zero-order valence-corrected chi connectivity index (χ0v) is 24.7. The normalized spacial score (nSPS) is 13.1. The van der Waals surface area contributed by atoms with Crippen molar-refractivity contribution >= 4 is 23.4 Å². The van der Waals surface area contributed by atoms with Crippen molar-refractivity contribution in [3.05, 3.63) is 101 Å². The predicted molar refractivity (Wildman–Crippen MR) is 161 cm³/mol. The molecule has 7 nitrogen and oxygen atoms in total. The van der Waals surface area contributed by atoms with Gasteiger partial charge in [-0.2, -0.15) is 0 Å². The van der Waals surface area contributed by atoms with Gasteiger partial charge in [-0.3, -0.25) is 14.4 Å². The zero-order valence-electron chi connectivity index (χ0n) is 24.7. The van der Waals surface area contributed by atoms with Gasteiger partial charge in [-0.15, -0.1) is 0 Å². The number of nitrogens with two attached hydrogens (primary N) is 1. The zero-order chi connectivity index (χ0) is 31.5. The average Bonchev–Trinajstić information content (AvgIpc) is 2.99. The van der Waals surface area contributed by atoms with Gasteiger partial charge in [-0.1, -0.05) is 32.9 Å². The van der Waals surface area contributed by atoms with Gasteiger partial charge in [-0.25, -0.2) is 13.2 Å². The summed E-state index contributed by atoms with van der Waals surface area (Å²) >= 11 is 0. The first-order valence-corrected chi connectivity index (χ1v) is 14.5. The Balaban J connectivity index is 1.79. The molecule has 3 atom stereocenters. The summed E-state index contributed by atoms with van der Waals surface area (Å²) in [4.78, 5) is 41.1. The number of hydrogen-bond acceptors (Lipinski definition) is 4. The van der Waals surface area contributed by atoms with Gasteiger partial charge in [0.15, 0.2) is 11.6 Å². The lowest BCUT2D eigenvalue weighted by atomic mass is 9.91. The van der Waals surface area contributed by atoms with E-state index >= 15 is 0 Å². The largest absolute Gasteiger partial charge is 0.347 e. The molecule has 4 N–H and O–H groups in total. The van der Waals surface area contributed by atoms with Crippen molar-refractivity contribution in [3.8, 4) is 0 Å². The number of nitrogens with one attached hydrogen (secondary N) is 2. The van der Waals surface area contributed by atoms with Crippen LogP contribution in [0.2, 0.25) is 0 Å². The molecule has 0 aromatic heterocycles. The summed E-state index contributed by atoms with van der Waals surface area (Å²) < 4.78 is 40.8. The first-order chi connectivity index (χ1) is 20.5. The minimum absolute atomic E-state index is 0.0653. The Morgan fingerprint density at radius 2 is 1.51 bits per heavy atom. The fraction of sp³-hybridized carbons (Fsp3) is 0.364. The van der Waals surface area contributed by atoms with Crippen molar-refractivity contribution < 1.29 is 27.6 Å². The lowest BCUT2D eigenvalue weighted by Crippen LogP contribution is -2.50. The smallest absolute Gasteiger partial charge is 0.253 e. The number of hydrogen-bond donors (Lipinski definition) is 3. The van der Waals surface area contributed by atoms with Crippen LogP contribution in [0.3, 0.4) is 0 Å². The van der Waals surface area contributed by atoms with Gasteiger partial charge in [0.05, 0.1) is 0 Å². The third-order valence-corrected chi connectivity index (χ3v) is 7.10. The van der Waals surface area contributed by atoms with Crippen LogP contribution in [0.5, 0.6) is 0 Å². The standard InChI is InChI=1S/C33H39F3N4O3/c1-4-15-40(16-5-2)33(43)24-8-6-7-23(20-24)32(42)39-30(19-22-9-14-27(35)28(36)18-22)29(37)17-21(3)31(41)38-26-12-10-25(34)11-13-26/h6-14,18,20-21,29-30H,4-5,15-17,19,37H2,1-3H3,(H,38,41)(H,39,42)/t21-,29+,30+/m1/s1. The van der Waals surface area contributed by atoms with Crippen molar-refractivity contribution in [2.75, 3.05) is 18.4 Å². The van der Waals surface area contributed by atoms with Crippen molar-refractivity contribution in [1.82, 2.24) is 10.2 Å². The monoisotopic (exact) mass is 596 g/mol. The van der Waals surface area contributed by atoms with Crippen molar-refractivity contribution in [2.24, 2.45) is 11.7 Å². The summed E-state index contributed by atoms with van der Waals surface area (Å²) in [6, 6.07) is 13.6. The number of carbonyl (C=O) groups excluding carboxylic acids is 3. The lowest BCUT2D eigenvalue weighted by Gasteiger charge is -2.27. The molecular weight excluding hydrogens is 557 g/mol. The highest BCUT2D eigenvalue weighted by molar-refractivity contribution is 5.99. The second-order valence-corrected chi connectivity index (χ2v) is 10.7. The third-order valence-electron chi connectivity index (χ3n) is 7.10. The highest BCUT2D eigenvalue weighted by Crippen LogP contribution is 2.18. The summed E-state index contributed by atoms with van der Waals surface area (Å²) in [7, 11) is 0. The molecule has 0 unspecified atom stereocenters. The van der Waals surface area contributed by atoms with E-state index in [1.165, 1.54) is 36.4 Å². The van der Waals surface area contributed by atoms with E-state index < -0.39 is 41.4 Å². The number of amides is 3. The third kappa shape index (κ3) is 9.68. The fourth-order valence-electron chi connectivity index (χ4n) is 4.79. The molecule has 0 spiro atoms. The molecule has 0 aliphatic heterocycles. The van der Waals surface area contributed by atoms with Crippen LogP contribution >= 0.6 is 0 Å². The van der Waals surface area contributed by atoms with Gasteiger partial charge in [0.2, 0.25) is 5.91 Å². The maximum atomic E-state index is 14.0. The van der Waals surface area contributed by atoms with E-state index in [0.717, 1.165) is 25.0 Å². The molecule has 0 fully saturated rings. The quantitative estimate of drug-likeness (QED) is 0.222. The van der Waals surface area contributed by atoms with Gasteiger partial charge in [-0.05, 0) is 85.8 Å². The summed E-state index contributed by atoms with van der Waals surface area (Å²) in [6.45, 7) is 6.85. The summed E-state index contributed by atoms with van der Waals surface area (Å²) in [5, 5.41) is 5.59. The average molecular weight is 597 g/mol. The van der Waals surface area contributed by atoms with Crippen molar-refractivity contribution in [2.45, 2.75) is 58.5 Å². The van der Waals surface area contributed by atoms with Crippen molar-refractivity contribution in [3.63, 3.8) is 0 Å². The molecule has 0 saturated heterocycles. The van der Waals surface area contributed by atoms with Gasteiger partial charge in [0.25, 0.3) is 11.8 Å². The Morgan fingerprint density at radius 3 is 2.14 bits per heavy atom. The molecule has 0 saturated carbocycles. The Kier molecular flexibility index (Phi) is 12.3. The van der Waals surface area contributed by atoms with Gasteiger partial charge < -0.3 is 21.3 Å². The summed E-state index contributed by atoms with van der Waals surface area (Å²) in [5.74, 6) is -4.09. The van der Waals surface area contributed by atoms with E-state index in [1.807, 2.05) is 13.8 Å². The number of nitrogens with zero attached hydrogens (tertiary/aromatic N) is 1. The number of anilines is 1. The molecule has 0 aliphatic carbocycles. The van der Waals surface area contributed by atoms with Crippen LogP contribution in [-0.2, 0) is 11.2 Å². The summed E-state index contributed by atoms with van der Waals surface area (Å²) in [5.41, 5.74) is 7.96. The molecule has 0 radical (unpaired) electrons. The molecular formula is C33H39F3N4O3. The van der Waals surface area contributed by atoms with E-state index in [0.29, 0.717) is 29.9 Å². The molecule has 3 rings (SSSR count). The highest BCUT2D eigenvalue weighted by atomic mass is 19.2. The molecule has 0 heterocycles. The van der Waals surface area contributed by atoms with Crippen LogP contribution in [0.15, 0.2) is 66.7 Å². The van der Waals surface area contributed by atoms with Crippen LogP contribution in [0.1, 0.15) is 66.3 Å². The molecule has 3 aromatic rings. The summed E-state index contributed by atoms with van der Waals surface area (Å²) in [6.07, 6.45) is 1.81. The molecule has 0 aliphatic rings. The molecule has 43 heavy (non-hydrogen) atoms. The molecule has 3 aromatic carbocycles. The van der Waals surface area contributed by atoms with E-state index in [2.05, 4.69) is 10.6 Å². The van der Waals surface area contributed by atoms with E-state index in [4.69, 9.17) is 5.73 Å². The van der Waals surface area contributed by atoms with Gasteiger partial charge in [0.1, 0.15) is 5.82 Å². The maximum absolute atomic E-state index is 14.0. The number of rotatable bonds is 14. The van der Waals surface area contributed by atoms with Crippen molar-refractivity contribution in [1.29, 1.82) is 0 Å². The number of benzene rings is 3. The minimum atomic E-state index is -1.03. The van der Waals surface area contributed by atoms with Gasteiger partial charge >= 0.3 is 0 Å². The molecule has 230 valence electrons. The van der Waals surface area contributed by atoms with Gasteiger partial charge in [0, 0.05) is 47.9 Å². The number of halogens is 3. The Hall–Kier alpha value is -4.18. The van der Waals surface area contributed by atoms with E-state index in [9.17, 15) is 27.6 Å². The maximum Gasteiger partial charge on any atom is 0.253 e. The Bertz CT molecular complexity index is 1390. The number of carbonyl (C=O) groups is 3. The Labute approximate surface area is 250 Å². The van der Waals surface area contributed by atoms with Crippen LogP contribution < -0.4 is 16.4 Å². The molecule has 10 heteroatoms. The van der Waals surface area contributed by atoms with Crippen LogP contribution in [-0.4, -0.2) is 47.8 Å². The SMILES string of the molecule is CCCN(CCC)C(=O)c1cccc(C(=O)N[C@@H](Cc2ccc(F)c(F)c2)[C@@H](N)C[C@@H](C)C(=O)Nc2ccc(F)cc2)c1. The van der Waals surface area contributed by atoms with E-state index in [1.54, 1.807) is 30.0 Å². The lowest BCUT2D eigenvalue weighted by molar-refractivity contribution is -0.119. The highest BCUT2D eigenvalue weighted by Gasteiger charge is 2.26. The predicted octanol–water partition coefficient (Wildman–Crippen LogP) is 5.70. The first kappa shape index (κ1) is 33.3. The van der Waals surface area contributed by atoms with E-state index in [-0.39, 0.29) is 30.2 Å². The second-order valence-electron chi connectivity index (χ2n) is 10.7. The molecule has 0 bridgehead atoms. The Morgan fingerprint density at radius 1 is 0.860 bits per heavy atom. The first-order valence-electron chi connectivity index (χ1n) is 14.5. The molecule has 3 amide bonds. The van der Waals surface area contributed by atoms with Crippen LogP contribution in [0, 0.1) is 23.4 Å². The van der Waals surface area contributed by atoms with Crippen LogP contribution in [0.25, 0.3) is 0 Å². The minimum Gasteiger partial charge on any atom is -0.347 e. The fourth-order valence-corrected chi connectivity index (χ4v) is 4.79.